The van der Waals surface area contributed by atoms with Gasteiger partial charge in [0, 0.05) is 20.0 Å². The monoisotopic (exact) mass is 342 g/mol. The summed E-state index contributed by atoms with van der Waals surface area (Å²) in [7, 11) is 0. The van der Waals surface area contributed by atoms with Gasteiger partial charge in [-0.25, -0.2) is 5.84 Å². The second kappa shape index (κ2) is 6.38. The molecule has 0 aliphatic rings. The molecule has 0 fully saturated rings. The zero-order valence-electron chi connectivity index (χ0n) is 9.35. The maximum Gasteiger partial charge on any atom is 0.275 e. The molecule has 0 bridgehead atoms. The number of thioether (sulfide) groups is 1. The Kier molecular flexibility index (Phi) is 4.82. The van der Waals surface area contributed by atoms with Gasteiger partial charge in [-0.05, 0) is 36.4 Å². The van der Waals surface area contributed by atoms with Crippen LogP contribution < -0.4 is 11.3 Å². The van der Waals surface area contributed by atoms with E-state index in [1.165, 1.54) is 16.2 Å². The van der Waals surface area contributed by atoms with Crippen LogP contribution >= 0.6 is 39.0 Å². The number of hydrogen-bond acceptors (Lipinski definition) is 4. The van der Waals surface area contributed by atoms with E-state index in [2.05, 4.69) is 33.5 Å². The first-order valence-electron chi connectivity index (χ1n) is 5.17. The Morgan fingerprint density at radius 1 is 1.28 bits per heavy atom. The van der Waals surface area contributed by atoms with Gasteiger partial charge in [-0.1, -0.05) is 15.9 Å². The third kappa shape index (κ3) is 3.58. The van der Waals surface area contributed by atoms with E-state index in [4.69, 9.17) is 5.84 Å². The molecule has 2 aromatic rings. The molecule has 3 N–H and O–H groups in total. The van der Waals surface area contributed by atoms with E-state index < -0.39 is 0 Å². The van der Waals surface area contributed by atoms with E-state index in [0.717, 1.165) is 15.1 Å². The van der Waals surface area contributed by atoms with Crippen molar-refractivity contribution in [3.63, 3.8) is 0 Å². The van der Waals surface area contributed by atoms with Crippen molar-refractivity contribution < 1.29 is 4.79 Å². The predicted octanol–water partition coefficient (Wildman–Crippen LogP) is 3.41. The van der Waals surface area contributed by atoms with Crippen LogP contribution in [-0.4, -0.2) is 5.91 Å². The quantitative estimate of drug-likeness (QED) is 0.387. The van der Waals surface area contributed by atoms with E-state index in [9.17, 15) is 4.79 Å². The number of thiophene rings is 1. The van der Waals surface area contributed by atoms with Crippen molar-refractivity contribution in [1.29, 1.82) is 0 Å². The number of halogens is 1. The molecular weight excluding hydrogens is 332 g/mol. The van der Waals surface area contributed by atoms with E-state index in [-0.39, 0.29) is 5.91 Å². The predicted molar refractivity (Wildman–Crippen MR) is 79.7 cm³/mol. The van der Waals surface area contributed by atoms with Crippen molar-refractivity contribution in [2.24, 2.45) is 5.84 Å². The van der Waals surface area contributed by atoms with Crippen LogP contribution in [0.3, 0.4) is 0 Å². The van der Waals surface area contributed by atoms with Gasteiger partial charge in [0.05, 0.1) is 4.88 Å². The minimum atomic E-state index is -0.236. The van der Waals surface area contributed by atoms with Gasteiger partial charge in [-0.15, -0.1) is 23.1 Å². The topological polar surface area (TPSA) is 55.1 Å². The highest BCUT2D eigenvalue weighted by Crippen LogP contribution is 2.27. The van der Waals surface area contributed by atoms with E-state index in [1.807, 2.05) is 18.2 Å². The second-order valence-electron chi connectivity index (χ2n) is 3.48. The van der Waals surface area contributed by atoms with Crippen LogP contribution in [0.4, 0.5) is 0 Å². The average Bonchev–Trinajstić information content (AvgIpc) is 2.86. The summed E-state index contributed by atoms with van der Waals surface area (Å²) in [6.07, 6.45) is 0. The highest BCUT2D eigenvalue weighted by molar-refractivity contribution is 9.10. The summed E-state index contributed by atoms with van der Waals surface area (Å²) in [5.41, 5.74) is 2.13. The zero-order valence-corrected chi connectivity index (χ0v) is 12.6. The van der Waals surface area contributed by atoms with Crippen molar-refractivity contribution in [2.75, 3.05) is 0 Å². The molecule has 0 aliphatic heterocycles. The first kappa shape index (κ1) is 13.6. The third-order valence-electron chi connectivity index (χ3n) is 2.21. The molecule has 3 nitrogen and oxygen atoms in total. The van der Waals surface area contributed by atoms with Crippen LogP contribution in [0.5, 0.6) is 0 Å². The summed E-state index contributed by atoms with van der Waals surface area (Å²) in [5.74, 6) is 5.71. The molecule has 0 atom stereocenters. The van der Waals surface area contributed by atoms with Crippen molar-refractivity contribution >= 4 is 44.9 Å². The lowest BCUT2D eigenvalue weighted by molar-refractivity contribution is 0.0957. The van der Waals surface area contributed by atoms with Gasteiger partial charge in [0.25, 0.3) is 5.91 Å². The summed E-state index contributed by atoms with van der Waals surface area (Å²) >= 11 is 6.61. The number of amides is 1. The molecular formula is C12H11BrN2OS2. The Balaban J connectivity index is 1.96. The smallest absolute Gasteiger partial charge is 0.275 e. The standard InChI is InChI=1S/C12H11BrN2OS2/c13-8-1-3-9(4-2-8)17-7-10-5-6-11(18-10)12(16)15-14/h1-6H,7,14H2,(H,15,16). The van der Waals surface area contributed by atoms with Crippen LogP contribution in [0.1, 0.15) is 14.5 Å². The van der Waals surface area contributed by atoms with Crippen LogP contribution in [0.2, 0.25) is 0 Å². The molecule has 0 unspecified atom stereocenters. The lowest BCUT2D eigenvalue weighted by Gasteiger charge is -1.99. The molecule has 0 radical (unpaired) electrons. The molecule has 1 aromatic carbocycles. The maximum atomic E-state index is 11.3. The first-order valence-corrected chi connectivity index (χ1v) is 7.76. The Hall–Kier alpha value is -0.820. The molecule has 0 aliphatic carbocycles. The van der Waals surface area contributed by atoms with Gasteiger partial charge in [-0.2, -0.15) is 0 Å². The first-order chi connectivity index (χ1) is 8.69. The average molecular weight is 343 g/mol. The lowest BCUT2D eigenvalue weighted by atomic mass is 10.4. The minimum Gasteiger partial charge on any atom is -0.289 e. The molecule has 2 rings (SSSR count). The summed E-state index contributed by atoms with van der Waals surface area (Å²) in [4.78, 5) is 14.3. The highest BCUT2D eigenvalue weighted by Gasteiger charge is 2.07. The SMILES string of the molecule is NNC(=O)c1ccc(CSc2ccc(Br)cc2)s1. The van der Waals surface area contributed by atoms with Gasteiger partial charge >= 0.3 is 0 Å². The number of carbonyl (C=O) groups is 1. The molecule has 0 spiro atoms. The molecule has 1 aromatic heterocycles. The van der Waals surface area contributed by atoms with Crippen LogP contribution in [-0.2, 0) is 5.75 Å². The van der Waals surface area contributed by atoms with E-state index in [1.54, 1.807) is 17.8 Å². The van der Waals surface area contributed by atoms with Gasteiger partial charge in [0.2, 0.25) is 0 Å². The molecule has 0 saturated carbocycles. The largest absolute Gasteiger partial charge is 0.289 e. The van der Waals surface area contributed by atoms with Gasteiger partial charge in [0.15, 0.2) is 0 Å². The maximum absolute atomic E-state index is 11.3. The normalized spacial score (nSPS) is 10.3. The molecule has 1 amide bonds. The van der Waals surface area contributed by atoms with Crippen molar-refractivity contribution in [3.8, 4) is 0 Å². The zero-order chi connectivity index (χ0) is 13.0. The third-order valence-corrected chi connectivity index (χ3v) is 5.07. The van der Waals surface area contributed by atoms with Crippen molar-refractivity contribution in [3.05, 3.63) is 50.6 Å². The summed E-state index contributed by atoms with van der Waals surface area (Å²) in [6, 6.07) is 11.9. The minimum absolute atomic E-state index is 0.236. The Bertz CT molecular complexity index is 539. The molecule has 1 heterocycles. The number of rotatable bonds is 4. The van der Waals surface area contributed by atoms with Crippen molar-refractivity contribution in [1.82, 2.24) is 5.43 Å². The lowest BCUT2D eigenvalue weighted by Crippen LogP contribution is -2.29. The van der Waals surface area contributed by atoms with Gasteiger partial charge < -0.3 is 0 Å². The fourth-order valence-corrected chi connectivity index (χ4v) is 3.45. The fourth-order valence-electron chi connectivity index (χ4n) is 1.33. The number of nitrogens with two attached hydrogens (primary N) is 1. The summed E-state index contributed by atoms with van der Waals surface area (Å²) < 4.78 is 1.07. The second-order valence-corrected chi connectivity index (χ2v) is 6.61. The van der Waals surface area contributed by atoms with Crippen LogP contribution in [0.15, 0.2) is 45.8 Å². The number of nitrogens with one attached hydrogen (secondary N) is 1. The summed E-state index contributed by atoms with van der Waals surface area (Å²) in [6.45, 7) is 0. The summed E-state index contributed by atoms with van der Waals surface area (Å²) in [5, 5.41) is 0. The molecule has 94 valence electrons. The van der Waals surface area contributed by atoms with Gasteiger partial charge in [-0.3, -0.25) is 10.2 Å². The van der Waals surface area contributed by atoms with E-state index >= 15 is 0 Å². The molecule has 6 heteroatoms. The number of benzene rings is 1. The Morgan fingerprint density at radius 3 is 2.67 bits per heavy atom. The number of hydrazine groups is 1. The number of nitrogen functional groups attached to an aromatic ring is 1. The number of carbonyl (C=O) groups excluding carboxylic acids is 1. The number of hydrogen-bond donors (Lipinski definition) is 2. The molecule has 18 heavy (non-hydrogen) atoms. The highest BCUT2D eigenvalue weighted by atomic mass is 79.9. The Labute approximate surface area is 122 Å². The van der Waals surface area contributed by atoms with Crippen molar-refractivity contribution in [2.45, 2.75) is 10.6 Å². The van der Waals surface area contributed by atoms with E-state index in [0.29, 0.717) is 4.88 Å². The fraction of sp³-hybridized carbons (Fsp3) is 0.0833. The van der Waals surface area contributed by atoms with Gasteiger partial charge in [0.1, 0.15) is 0 Å². The Morgan fingerprint density at radius 2 is 2.00 bits per heavy atom. The van der Waals surface area contributed by atoms with Crippen LogP contribution in [0, 0.1) is 0 Å². The van der Waals surface area contributed by atoms with Crippen LogP contribution in [0.25, 0.3) is 0 Å². The molecule has 0 saturated heterocycles.